The summed E-state index contributed by atoms with van der Waals surface area (Å²) < 4.78 is 5.17. The summed E-state index contributed by atoms with van der Waals surface area (Å²) in [6.45, 7) is 6.08. The highest BCUT2D eigenvalue weighted by atomic mass is 32.1. The Bertz CT molecular complexity index is 631. The van der Waals surface area contributed by atoms with Crippen LogP contribution >= 0.6 is 11.3 Å². The quantitative estimate of drug-likeness (QED) is 0.853. The Hall–Kier alpha value is -1.88. The molecule has 1 N–H and O–H groups in total. The fraction of sp³-hybridized carbons (Fsp3) is 0.412. The van der Waals surface area contributed by atoms with E-state index in [1.165, 1.54) is 11.3 Å². The number of amides is 1. The summed E-state index contributed by atoms with van der Waals surface area (Å²) in [5, 5.41) is 3.61. The number of ether oxygens (including phenoxy) is 1. The molecule has 0 unspecified atom stereocenters. The van der Waals surface area contributed by atoms with Crippen molar-refractivity contribution in [2.45, 2.75) is 33.6 Å². The van der Waals surface area contributed by atoms with Gasteiger partial charge in [-0.15, -0.1) is 11.3 Å². The second kappa shape index (κ2) is 7.40. The van der Waals surface area contributed by atoms with E-state index >= 15 is 0 Å². The minimum absolute atomic E-state index is 0.0497. The number of thiazole rings is 1. The summed E-state index contributed by atoms with van der Waals surface area (Å²) in [6.07, 6.45) is 1.69. The van der Waals surface area contributed by atoms with Crippen molar-refractivity contribution in [1.29, 1.82) is 0 Å². The summed E-state index contributed by atoms with van der Waals surface area (Å²) in [4.78, 5) is 17.8. The van der Waals surface area contributed by atoms with Gasteiger partial charge in [0.1, 0.15) is 5.75 Å². The molecule has 0 spiro atoms. The second-order valence-electron chi connectivity index (χ2n) is 5.15. The van der Waals surface area contributed by atoms with Crippen LogP contribution in [0.4, 0.5) is 5.13 Å². The molecule has 1 heterocycles. The number of benzene rings is 1. The van der Waals surface area contributed by atoms with Crippen LogP contribution in [-0.4, -0.2) is 18.0 Å². The number of hydrogen-bond acceptors (Lipinski definition) is 4. The molecule has 0 radical (unpaired) electrons. The number of anilines is 1. The zero-order chi connectivity index (χ0) is 16.1. The Kier molecular flexibility index (Phi) is 5.55. The van der Waals surface area contributed by atoms with Crippen molar-refractivity contribution in [3.8, 4) is 17.0 Å². The molecule has 2 rings (SSSR count). The number of nitrogens with zero attached hydrogens (tertiary/aromatic N) is 1. The van der Waals surface area contributed by atoms with Gasteiger partial charge in [0.25, 0.3) is 0 Å². The fourth-order valence-corrected chi connectivity index (χ4v) is 3.17. The molecule has 118 valence electrons. The smallest absolute Gasteiger partial charge is 0.229 e. The van der Waals surface area contributed by atoms with E-state index in [0.29, 0.717) is 5.13 Å². The number of aryl methyl sites for hydroxylation is 1. The van der Waals surface area contributed by atoms with Crippen LogP contribution in [0.5, 0.6) is 5.75 Å². The molecule has 2 aromatic rings. The molecule has 0 atom stereocenters. The maximum Gasteiger partial charge on any atom is 0.229 e. The zero-order valence-corrected chi connectivity index (χ0v) is 14.3. The van der Waals surface area contributed by atoms with Crippen molar-refractivity contribution in [2.24, 2.45) is 5.92 Å². The van der Waals surface area contributed by atoms with Crippen molar-refractivity contribution >= 4 is 22.4 Å². The number of hydrogen-bond donors (Lipinski definition) is 1. The first-order valence-electron chi connectivity index (χ1n) is 7.51. The lowest BCUT2D eigenvalue weighted by Gasteiger charge is -2.10. The minimum atomic E-state index is 0.0497. The van der Waals surface area contributed by atoms with Gasteiger partial charge in [0.2, 0.25) is 5.91 Å². The number of nitrogens with one attached hydrogen (secondary N) is 1. The molecule has 0 bridgehead atoms. The second-order valence-corrected chi connectivity index (χ2v) is 6.36. The molecular weight excluding hydrogens is 296 g/mol. The molecule has 4 nitrogen and oxygen atoms in total. The largest absolute Gasteiger partial charge is 0.497 e. The first-order chi connectivity index (χ1) is 10.6. The van der Waals surface area contributed by atoms with E-state index in [4.69, 9.17) is 4.74 Å². The molecule has 1 aromatic carbocycles. The van der Waals surface area contributed by atoms with Crippen LogP contribution in [0.2, 0.25) is 0 Å². The highest BCUT2D eigenvalue weighted by Crippen LogP contribution is 2.31. The Morgan fingerprint density at radius 2 is 1.91 bits per heavy atom. The lowest BCUT2D eigenvalue weighted by atomic mass is 10.0. The number of carbonyl (C=O) groups is 1. The molecule has 0 aliphatic heterocycles. The van der Waals surface area contributed by atoms with E-state index in [1.807, 2.05) is 45.0 Å². The first-order valence-corrected chi connectivity index (χ1v) is 8.33. The molecular formula is C17H22N2O2S. The van der Waals surface area contributed by atoms with Gasteiger partial charge in [0.15, 0.2) is 5.13 Å². The maximum atomic E-state index is 12.2. The van der Waals surface area contributed by atoms with Crippen LogP contribution in [0.3, 0.4) is 0 Å². The van der Waals surface area contributed by atoms with Gasteiger partial charge in [-0.3, -0.25) is 4.79 Å². The number of carbonyl (C=O) groups excluding carboxylic acids is 1. The molecule has 1 aromatic heterocycles. The number of methoxy groups -OCH3 is 1. The minimum Gasteiger partial charge on any atom is -0.497 e. The third kappa shape index (κ3) is 3.65. The predicted molar refractivity (Wildman–Crippen MR) is 91.5 cm³/mol. The van der Waals surface area contributed by atoms with Crippen LogP contribution in [0, 0.1) is 12.8 Å². The van der Waals surface area contributed by atoms with Crippen LogP contribution in [-0.2, 0) is 4.79 Å². The molecule has 0 saturated heterocycles. The first kappa shape index (κ1) is 16.5. The zero-order valence-electron chi connectivity index (χ0n) is 13.5. The van der Waals surface area contributed by atoms with Gasteiger partial charge in [-0.05, 0) is 44.0 Å². The lowest BCUT2D eigenvalue weighted by molar-refractivity contribution is -0.120. The molecule has 0 aliphatic rings. The highest BCUT2D eigenvalue weighted by Gasteiger charge is 2.17. The topological polar surface area (TPSA) is 51.2 Å². The van der Waals surface area contributed by atoms with E-state index in [0.717, 1.165) is 34.7 Å². The van der Waals surface area contributed by atoms with Gasteiger partial charge in [0.05, 0.1) is 12.8 Å². The number of aromatic nitrogens is 1. The van der Waals surface area contributed by atoms with Crippen molar-refractivity contribution in [2.75, 3.05) is 12.4 Å². The number of rotatable bonds is 6. The fourth-order valence-electron chi connectivity index (χ4n) is 2.33. The maximum absolute atomic E-state index is 12.2. The van der Waals surface area contributed by atoms with E-state index in [1.54, 1.807) is 7.11 Å². The summed E-state index contributed by atoms with van der Waals surface area (Å²) in [6, 6.07) is 7.79. The third-order valence-corrected chi connectivity index (χ3v) is 4.63. The molecule has 1 amide bonds. The van der Waals surface area contributed by atoms with E-state index < -0.39 is 0 Å². The average Bonchev–Trinajstić information content (AvgIpc) is 2.89. The molecule has 0 aliphatic carbocycles. The Morgan fingerprint density at radius 3 is 2.45 bits per heavy atom. The standard InChI is InChI=1S/C17H22N2O2S/c1-5-12(6-2)16(20)19-17-18-15(11(3)22-17)13-7-9-14(21-4)10-8-13/h7-10,12H,5-6H2,1-4H3,(H,18,19,20). The van der Waals surface area contributed by atoms with E-state index in [9.17, 15) is 4.79 Å². The van der Waals surface area contributed by atoms with E-state index in [2.05, 4.69) is 10.3 Å². The van der Waals surface area contributed by atoms with Crippen LogP contribution < -0.4 is 10.1 Å². The summed E-state index contributed by atoms with van der Waals surface area (Å²) in [5.74, 6) is 0.924. The lowest BCUT2D eigenvalue weighted by Crippen LogP contribution is -2.21. The van der Waals surface area contributed by atoms with Crippen LogP contribution in [0.25, 0.3) is 11.3 Å². The van der Waals surface area contributed by atoms with Gasteiger partial charge >= 0.3 is 0 Å². The van der Waals surface area contributed by atoms with Crippen molar-refractivity contribution in [3.63, 3.8) is 0 Å². The van der Waals surface area contributed by atoms with Crippen LogP contribution in [0.15, 0.2) is 24.3 Å². The normalized spacial score (nSPS) is 10.8. The monoisotopic (exact) mass is 318 g/mol. The van der Waals surface area contributed by atoms with Gasteiger partial charge in [-0.2, -0.15) is 0 Å². The van der Waals surface area contributed by atoms with Crippen molar-refractivity contribution < 1.29 is 9.53 Å². The Balaban J connectivity index is 2.18. The van der Waals surface area contributed by atoms with Crippen LogP contribution in [0.1, 0.15) is 31.6 Å². The predicted octanol–water partition coefficient (Wildman–Crippen LogP) is 4.50. The Morgan fingerprint density at radius 1 is 1.27 bits per heavy atom. The average molecular weight is 318 g/mol. The van der Waals surface area contributed by atoms with Gasteiger partial charge in [0, 0.05) is 16.4 Å². The van der Waals surface area contributed by atoms with Crippen molar-refractivity contribution in [1.82, 2.24) is 4.98 Å². The third-order valence-electron chi connectivity index (χ3n) is 3.75. The molecule has 22 heavy (non-hydrogen) atoms. The van der Waals surface area contributed by atoms with Crippen molar-refractivity contribution in [3.05, 3.63) is 29.1 Å². The van der Waals surface area contributed by atoms with Gasteiger partial charge < -0.3 is 10.1 Å². The van der Waals surface area contributed by atoms with Gasteiger partial charge in [-0.25, -0.2) is 4.98 Å². The van der Waals surface area contributed by atoms with Gasteiger partial charge in [-0.1, -0.05) is 13.8 Å². The highest BCUT2D eigenvalue weighted by molar-refractivity contribution is 7.16. The van der Waals surface area contributed by atoms with E-state index in [-0.39, 0.29) is 11.8 Å². The molecule has 0 fully saturated rings. The Labute approximate surface area is 135 Å². The summed E-state index contributed by atoms with van der Waals surface area (Å²) >= 11 is 1.51. The summed E-state index contributed by atoms with van der Waals surface area (Å²) in [7, 11) is 1.65. The molecule has 5 heteroatoms. The SMILES string of the molecule is CCC(CC)C(=O)Nc1nc(-c2ccc(OC)cc2)c(C)s1. The molecule has 0 saturated carbocycles. The summed E-state index contributed by atoms with van der Waals surface area (Å²) in [5.41, 5.74) is 1.94.